The average molecular weight is 248 g/mol. The highest BCUT2D eigenvalue weighted by Gasteiger charge is 2.24. The second-order valence-corrected chi connectivity index (χ2v) is 4.83. The molecule has 0 atom stereocenters. The van der Waals surface area contributed by atoms with Gasteiger partial charge in [0.15, 0.2) is 5.78 Å². The molecule has 1 aromatic carbocycles. The van der Waals surface area contributed by atoms with Crippen molar-refractivity contribution in [2.75, 3.05) is 32.7 Å². The number of Topliss-reactive ketones (excluding diaryl/α,β-unsaturated/α-hetero) is 1. The molecule has 1 N–H and O–H groups in total. The Bertz CT molecular complexity index is 412. The summed E-state index contributed by atoms with van der Waals surface area (Å²) in [4.78, 5) is 19.5. The Balaban J connectivity index is 2.06. The van der Waals surface area contributed by atoms with Gasteiger partial charge in [-0.2, -0.15) is 0 Å². The molecule has 0 spiro atoms. The molecule has 4 heteroatoms. The lowest BCUT2D eigenvalue weighted by Crippen LogP contribution is -2.33. The van der Waals surface area contributed by atoms with Crippen LogP contribution in [0.5, 0.6) is 0 Å². The van der Waals surface area contributed by atoms with E-state index in [1.54, 1.807) is 7.11 Å². The first kappa shape index (κ1) is 13.1. The number of rotatable bonds is 4. The van der Waals surface area contributed by atoms with Crippen molar-refractivity contribution in [2.45, 2.75) is 12.8 Å². The summed E-state index contributed by atoms with van der Waals surface area (Å²) in [5.41, 5.74) is 4.34. The molecule has 1 aromatic rings. The van der Waals surface area contributed by atoms with E-state index in [0.717, 1.165) is 37.2 Å². The first-order valence-electron chi connectivity index (χ1n) is 6.32. The van der Waals surface area contributed by atoms with Crippen molar-refractivity contribution in [3.63, 3.8) is 0 Å². The van der Waals surface area contributed by atoms with Crippen LogP contribution in [0.1, 0.15) is 23.2 Å². The Labute approximate surface area is 108 Å². The van der Waals surface area contributed by atoms with Gasteiger partial charge >= 0.3 is 0 Å². The molecule has 0 aromatic heterocycles. The topological polar surface area (TPSA) is 41.6 Å². The highest BCUT2D eigenvalue weighted by atomic mass is 16.6. The van der Waals surface area contributed by atoms with E-state index in [4.69, 9.17) is 4.84 Å². The van der Waals surface area contributed by atoms with E-state index < -0.39 is 0 Å². The fourth-order valence-corrected chi connectivity index (χ4v) is 2.36. The zero-order valence-electron chi connectivity index (χ0n) is 11.0. The van der Waals surface area contributed by atoms with E-state index in [1.165, 1.54) is 0 Å². The molecule has 1 aliphatic rings. The quantitative estimate of drug-likeness (QED) is 0.655. The normalized spacial score (nSPS) is 17.7. The number of nitrogens with zero attached hydrogens (tertiary/aromatic N) is 1. The molecule has 98 valence electrons. The van der Waals surface area contributed by atoms with Gasteiger partial charge in [0.2, 0.25) is 0 Å². The van der Waals surface area contributed by atoms with E-state index >= 15 is 0 Å². The number of anilines is 1. The van der Waals surface area contributed by atoms with E-state index in [1.807, 2.05) is 24.3 Å². The van der Waals surface area contributed by atoms with Crippen LogP contribution in [0.15, 0.2) is 24.3 Å². The molecule has 0 bridgehead atoms. The lowest BCUT2D eigenvalue weighted by molar-refractivity contribution is 0.0857. The van der Waals surface area contributed by atoms with Gasteiger partial charge in [0.25, 0.3) is 0 Å². The molecule has 1 saturated heterocycles. The number of hydrogen-bond donors (Lipinski definition) is 1. The van der Waals surface area contributed by atoms with Crippen LogP contribution >= 0.6 is 0 Å². The van der Waals surface area contributed by atoms with Crippen molar-refractivity contribution in [3.05, 3.63) is 29.8 Å². The van der Waals surface area contributed by atoms with Crippen molar-refractivity contribution in [3.8, 4) is 0 Å². The molecule has 4 nitrogen and oxygen atoms in total. The highest BCUT2D eigenvalue weighted by Crippen LogP contribution is 2.22. The van der Waals surface area contributed by atoms with E-state index in [9.17, 15) is 4.79 Å². The zero-order valence-corrected chi connectivity index (χ0v) is 11.0. The molecule has 1 fully saturated rings. The lowest BCUT2D eigenvalue weighted by atomic mass is 9.89. The second kappa shape index (κ2) is 5.98. The Hall–Kier alpha value is -1.39. The summed E-state index contributed by atoms with van der Waals surface area (Å²) in [5.74, 6) is 0.418. The minimum atomic E-state index is 0.166. The molecular weight excluding hydrogens is 228 g/mol. The molecule has 18 heavy (non-hydrogen) atoms. The van der Waals surface area contributed by atoms with Gasteiger partial charge < -0.3 is 4.90 Å². The number of carbonyl (C=O) groups excluding carboxylic acids is 1. The van der Waals surface area contributed by atoms with Gasteiger partial charge in [-0.15, -0.1) is 0 Å². The fourth-order valence-electron chi connectivity index (χ4n) is 2.36. The predicted octanol–water partition coefficient (Wildman–Crippen LogP) is 2.18. The van der Waals surface area contributed by atoms with Gasteiger partial charge in [0.1, 0.15) is 0 Å². The third-order valence-electron chi connectivity index (χ3n) is 3.46. The Kier molecular flexibility index (Phi) is 4.33. The molecule has 0 unspecified atom stereocenters. The number of hydrogen-bond acceptors (Lipinski definition) is 4. The zero-order chi connectivity index (χ0) is 13.0. The van der Waals surface area contributed by atoms with Crippen molar-refractivity contribution in [1.82, 2.24) is 4.90 Å². The van der Waals surface area contributed by atoms with Crippen LogP contribution in [-0.4, -0.2) is 37.9 Å². The molecule has 1 heterocycles. The number of likely N-dealkylation sites (tertiary alicyclic amines) is 1. The van der Waals surface area contributed by atoms with Crippen molar-refractivity contribution >= 4 is 11.5 Å². The molecule has 0 saturated carbocycles. The van der Waals surface area contributed by atoms with Gasteiger partial charge in [-0.05, 0) is 45.1 Å². The van der Waals surface area contributed by atoms with Crippen molar-refractivity contribution in [1.29, 1.82) is 0 Å². The van der Waals surface area contributed by atoms with E-state index in [2.05, 4.69) is 17.4 Å². The van der Waals surface area contributed by atoms with E-state index in [-0.39, 0.29) is 11.7 Å². The second-order valence-electron chi connectivity index (χ2n) is 4.83. The summed E-state index contributed by atoms with van der Waals surface area (Å²) >= 11 is 0. The predicted molar refractivity (Wildman–Crippen MR) is 71.6 cm³/mol. The number of benzene rings is 1. The van der Waals surface area contributed by atoms with Gasteiger partial charge in [-0.25, -0.2) is 0 Å². The lowest BCUT2D eigenvalue weighted by Gasteiger charge is -2.28. The monoisotopic (exact) mass is 248 g/mol. The molecule has 0 radical (unpaired) electrons. The third-order valence-corrected chi connectivity index (χ3v) is 3.46. The van der Waals surface area contributed by atoms with Crippen molar-refractivity contribution in [2.24, 2.45) is 5.92 Å². The largest absolute Gasteiger partial charge is 0.306 e. The number of piperidine rings is 1. The molecule has 0 aliphatic carbocycles. The first-order chi connectivity index (χ1) is 8.70. The fraction of sp³-hybridized carbons (Fsp3) is 0.500. The third kappa shape index (κ3) is 3.09. The molecule has 0 amide bonds. The van der Waals surface area contributed by atoms with Crippen LogP contribution in [0.2, 0.25) is 0 Å². The smallest absolute Gasteiger partial charge is 0.166 e. The standard InChI is InChI=1S/C14H20N2O2/c1-16-8-6-11(7-9-16)14(17)12-4-3-5-13(10-12)15-18-2/h3-5,10-11,15H,6-9H2,1-2H3. The summed E-state index contributed by atoms with van der Waals surface area (Å²) < 4.78 is 0. The number of carbonyl (C=O) groups is 1. The maximum absolute atomic E-state index is 12.4. The Morgan fingerprint density at radius 2 is 2.11 bits per heavy atom. The Morgan fingerprint density at radius 1 is 1.39 bits per heavy atom. The SMILES string of the molecule is CONc1cccc(C(=O)C2CCN(C)CC2)c1. The molecular formula is C14H20N2O2. The number of ketones is 1. The van der Waals surface area contributed by atoms with E-state index in [0.29, 0.717) is 0 Å². The van der Waals surface area contributed by atoms with Gasteiger partial charge in [0.05, 0.1) is 12.8 Å². The molecule has 1 aliphatic heterocycles. The maximum atomic E-state index is 12.4. The first-order valence-corrected chi connectivity index (χ1v) is 6.32. The van der Waals surface area contributed by atoms with Gasteiger partial charge in [-0.1, -0.05) is 12.1 Å². The minimum Gasteiger partial charge on any atom is -0.306 e. The van der Waals surface area contributed by atoms with Crippen molar-refractivity contribution < 1.29 is 9.63 Å². The number of nitrogens with one attached hydrogen (secondary N) is 1. The van der Waals surface area contributed by atoms with Gasteiger partial charge in [-0.3, -0.25) is 15.1 Å². The maximum Gasteiger partial charge on any atom is 0.166 e. The summed E-state index contributed by atoms with van der Waals surface area (Å²) in [5, 5.41) is 0. The summed E-state index contributed by atoms with van der Waals surface area (Å²) in [6.45, 7) is 2.01. The van der Waals surface area contributed by atoms with Crippen LogP contribution in [0.25, 0.3) is 0 Å². The van der Waals surface area contributed by atoms with Crippen LogP contribution in [-0.2, 0) is 4.84 Å². The molecule has 2 rings (SSSR count). The summed E-state index contributed by atoms with van der Waals surface area (Å²) in [6.07, 6.45) is 1.91. The minimum absolute atomic E-state index is 0.166. The summed E-state index contributed by atoms with van der Waals surface area (Å²) in [7, 11) is 3.66. The van der Waals surface area contributed by atoms with Gasteiger partial charge in [0, 0.05) is 11.5 Å². The van der Waals surface area contributed by atoms with Crippen LogP contribution in [0.4, 0.5) is 5.69 Å². The average Bonchev–Trinajstić information content (AvgIpc) is 2.39. The van der Waals surface area contributed by atoms with Crippen LogP contribution in [0.3, 0.4) is 0 Å². The van der Waals surface area contributed by atoms with Crippen LogP contribution < -0.4 is 5.48 Å². The summed E-state index contributed by atoms with van der Waals surface area (Å²) in [6, 6.07) is 7.49. The van der Waals surface area contributed by atoms with Crippen LogP contribution in [0, 0.1) is 5.92 Å². The Morgan fingerprint density at radius 3 is 2.78 bits per heavy atom. The highest BCUT2D eigenvalue weighted by molar-refractivity contribution is 5.98.